The van der Waals surface area contributed by atoms with Crippen LogP contribution in [0.4, 0.5) is 15.2 Å². The van der Waals surface area contributed by atoms with Crippen LogP contribution in [0, 0.1) is 5.82 Å². The average Bonchev–Trinajstić information content (AvgIpc) is 3.40. The highest BCUT2D eigenvalue weighted by Gasteiger charge is 2.21. The summed E-state index contributed by atoms with van der Waals surface area (Å²) < 4.78 is 19.9. The first-order chi connectivity index (χ1) is 15.5. The molecule has 2 heterocycles. The first-order valence-corrected chi connectivity index (χ1v) is 11.3. The molecule has 0 saturated heterocycles. The molecule has 0 unspecified atom stereocenters. The van der Waals surface area contributed by atoms with Gasteiger partial charge in [0, 0.05) is 23.6 Å². The number of aromatic nitrogens is 4. The van der Waals surface area contributed by atoms with Crippen molar-refractivity contribution in [2.24, 2.45) is 0 Å². The van der Waals surface area contributed by atoms with Crippen molar-refractivity contribution in [1.82, 2.24) is 19.9 Å². The van der Waals surface area contributed by atoms with Crippen LogP contribution in [0.5, 0.6) is 5.75 Å². The summed E-state index contributed by atoms with van der Waals surface area (Å²) in [5.74, 6) is 7.12. The van der Waals surface area contributed by atoms with E-state index >= 15 is 0 Å². The van der Waals surface area contributed by atoms with Gasteiger partial charge in [-0.1, -0.05) is 23.9 Å². The third-order valence-electron chi connectivity index (χ3n) is 4.49. The smallest absolute Gasteiger partial charge is 0.230 e. The maximum absolute atomic E-state index is 13.2. The fourth-order valence-corrected chi connectivity index (χ4v) is 4.73. The Kier molecular flexibility index (Phi) is 6.37. The minimum absolute atomic E-state index is 0.173. The van der Waals surface area contributed by atoms with E-state index in [4.69, 9.17) is 10.6 Å². The number of nitrogens with two attached hydrogens (primary N) is 1. The van der Waals surface area contributed by atoms with Gasteiger partial charge in [-0.15, -0.1) is 21.5 Å². The predicted octanol–water partition coefficient (Wildman–Crippen LogP) is 4.24. The minimum atomic E-state index is -0.335. The Morgan fingerprint density at radius 3 is 2.69 bits per heavy atom. The lowest BCUT2D eigenvalue weighted by molar-refractivity contribution is -0.115. The number of ether oxygens (including phenoxy) is 1. The Morgan fingerprint density at radius 1 is 1.22 bits per heavy atom. The van der Waals surface area contributed by atoms with Crippen LogP contribution >= 0.6 is 23.1 Å². The van der Waals surface area contributed by atoms with E-state index in [9.17, 15) is 9.18 Å². The molecule has 2 N–H and O–H groups in total. The van der Waals surface area contributed by atoms with Crippen molar-refractivity contribution in [2.45, 2.75) is 17.8 Å². The molecule has 1 amide bonds. The average molecular weight is 471 g/mol. The highest BCUT2D eigenvalue weighted by atomic mass is 32.2. The molecule has 0 bridgehead atoms. The number of anilines is 2. The van der Waals surface area contributed by atoms with Gasteiger partial charge < -0.3 is 10.6 Å². The van der Waals surface area contributed by atoms with E-state index in [1.807, 2.05) is 23.6 Å². The lowest BCUT2D eigenvalue weighted by Gasteiger charge is -2.20. The molecule has 32 heavy (non-hydrogen) atoms. The van der Waals surface area contributed by atoms with Crippen molar-refractivity contribution >= 4 is 39.8 Å². The molecule has 0 aliphatic carbocycles. The zero-order valence-electron chi connectivity index (χ0n) is 17.2. The molecule has 164 valence electrons. The summed E-state index contributed by atoms with van der Waals surface area (Å²) in [5.41, 5.74) is 2.06. The largest absolute Gasteiger partial charge is 0.495 e. The predicted molar refractivity (Wildman–Crippen MR) is 123 cm³/mol. The van der Waals surface area contributed by atoms with E-state index in [0.717, 1.165) is 5.69 Å². The number of nitrogen functional groups attached to an aromatic ring is 1. The van der Waals surface area contributed by atoms with Crippen LogP contribution in [0.3, 0.4) is 0 Å². The maximum Gasteiger partial charge on any atom is 0.230 e. The summed E-state index contributed by atoms with van der Waals surface area (Å²) >= 11 is 2.72. The van der Waals surface area contributed by atoms with E-state index in [0.29, 0.717) is 38.9 Å². The summed E-state index contributed by atoms with van der Waals surface area (Å²) in [7, 11) is 1.56. The number of nitrogens with zero attached hydrogens (tertiary/aromatic N) is 5. The van der Waals surface area contributed by atoms with Crippen LogP contribution in [0.1, 0.15) is 12.6 Å². The highest BCUT2D eigenvalue weighted by molar-refractivity contribution is 7.98. The molecule has 11 heteroatoms. The van der Waals surface area contributed by atoms with Crippen molar-refractivity contribution < 1.29 is 13.9 Å². The molecule has 2 aromatic heterocycles. The van der Waals surface area contributed by atoms with Gasteiger partial charge in [0.25, 0.3) is 0 Å². The number of rotatable bonds is 7. The number of amides is 1. The second-order valence-corrected chi connectivity index (χ2v) is 8.40. The number of para-hydroxylation sites is 2. The monoisotopic (exact) mass is 470 g/mol. The van der Waals surface area contributed by atoms with Gasteiger partial charge in [0.05, 0.1) is 18.5 Å². The van der Waals surface area contributed by atoms with Gasteiger partial charge in [-0.05, 0) is 36.4 Å². The number of halogens is 1. The summed E-state index contributed by atoms with van der Waals surface area (Å²) in [5, 5.41) is 11.1. The van der Waals surface area contributed by atoms with Crippen molar-refractivity contribution in [3.8, 4) is 17.1 Å². The van der Waals surface area contributed by atoms with Gasteiger partial charge in [0.15, 0.2) is 11.0 Å². The number of hydrogen-bond donors (Lipinski definition) is 1. The fraction of sp³-hybridized carbons (Fsp3) is 0.143. The normalized spacial score (nSPS) is 10.8. The van der Waals surface area contributed by atoms with E-state index in [1.54, 1.807) is 25.3 Å². The third kappa shape index (κ3) is 4.43. The van der Waals surface area contributed by atoms with Crippen LogP contribution in [0.25, 0.3) is 11.4 Å². The van der Waals surface area contributed by atoms with Gasteiger partial charge in [-0.2, -0.15) is 0 Å². The van der Waals surface area contributed by atoms with E-state index in [2.05, 4.69) is 15.2 Å². The summed E-state index contributed by atoms with van der Waals surface area (Å²) in [4.78, 5) is 18.5. The van der Waals surface area contributed by atoms with Crippen molar-refractivity contribution in [2.75, 3.05) is 17.9 Å². The van der Waals surface area contributed by atoms with Crippen molar-refractivity contribution in [1.29, 1.82) is 0 Å². The Bertz CT molecular complexity index is 1240. The number of benzene rings is 2. The van der Waals surface area contributed by atoms with Crippen LogP contribution in [0.2, 0.25) is 0 Å². The molecule has 0 radical (unpaired) electrons. The first kappa shape index (κ1) is 21.8. The van der Waals surface area contributed by atoms with E-state index in [-0.39, 0.29) is 11.7 Å². The zero-order chi connectivity index (χ0) is 22.7. The number of carbonyl (C=O) groups is 1. The molecule has 4 rings (SSSR count). The van der Waals surface area contributed by atoms with E-state index in [1.165, 1.54) is 51.7 Å². The molecule has 0 aliphatic heterocycles. The van der Waals surface area contributed by atoms with Crippen LogP contribution < -0.4 is 15.5 Å². The van der Waals surface area contributed by atoms with Gasteiger partial charge in [0.2, 0.25) is 11.1 Å². The number of carbonyl (C=O) groups excluding carboxylic acids is 1. The third-order valence-corrected chi connectivity index (χ3v) is 6.34. The molecule has 2 aromatic carbocycles. The lowest BCUT2D eigenvalue weighted by Crippen LogP contribution is -2.23. The minimum Gasteiger partial charge on any atom is -0.495 e. The number of methoxy groups -OCH3 is 1. The topological polar surface area (TPSA) is 99.2 Å². The number of hydrogen-bond acceptors (Lipinski definition) is 8. The van der Waals surface area contributed by atoms with Crippen LogP contribution in [0.15, 0.2) is 59.1 Å². The molecule has 0 atom stereocenters. The van der Waals surface area contributed by atoms with Gasteiger partial charge in [-0.3, -0.25) is 9.69 Å². The van der Waals surface area contributed by atoms with E-state index < -0.39 is 0 Å². The fourth-order valence-electron chi connectivity index (χ4n) is 3.00. The van der Waals surface area contributed by atoms with Crippen LogP contribution in [-0.2, 0) is 10.5 Å². The quantitative estimate of drug-likeness (QED) is 0.319. The summed E-state index contributed by atoms with van der Waals surface area (Å²) in [6.45, 7) is 1.48. The SMILES string of the molecule is COc1ccccc1N(C(C)=O)c1nc(CSc2nnc(-c3ccc(F)cc3)n2N)cs1. The Hall–Kier alpha value is -3.44. The molecular weight excluding hydrogens is 451 g/mol. The number of thioether (sulfide) groups is 1. The molecule has 8 nitrogen and oxygen atoms in total. The first-order valence-electron chi connectivity index (χ1n) is 9.45. The Balaban J connectivity index is 1.51. The lowest BCUT2D eigenvalue weighted by atomic mass is 10.2. The van der Waals surface area contributed by atoms with Crippen LogP contribution in [-0.4, -0.2) is 32.9 Å². The zero-order valence-corrected chi connectivity index (χ0v) is 18.9. The Morgan fingerprint density at radius 2 is 1.97 bits per heavy atom. The highest BCUT2D eigenvalue weighted by Crippen LogP contribution is 2.36. The van der Waals surface area contributed by atoms with Gasteiger partial charge >= 0.3 is 0 Å². The molecule has 0 spiro atoms. The molecular formula is C21H19FN6O2S2. The Labute approximate surface area is 191 Å². The molecule has 0 aliphatic rings. The second-order valence-electron chi connectivity index (χ2n) is 6.62. The van der Waals surface area contributed by atoms with Crippen molar-refractivity contribution in [3.05, 3.63) is 65.4 Å². The van der Waals surface area contributed by atoms with Gasteiger partial charge in [0.1, 0.15) is 11.6 Å². The summed E-state index contributed by atoms with van der Waals surface area (Å²) in [6, 6.07) is 13.2. The van der Waals surface area contributed by atoms with Crippen molar-refractivity contribution in [3.63, 3.8) is 0 Å². The molecule has 4 aromatic rings. The van der Waals surface area contributed by atoms with Gasteiger partial charge in [-0.25, -0.2) is 14.1 Å². The summed E-state index contributed by atoms with van der Waals surface area (Å²) in [6.07, 6.45) is 0. The maximum atomic E-state index is 13.2. The molecule has 0 saturated carbocycles. The number of thiazole rings is 1. The second kappa shape index (κ2) is 9.37. The molecule has 0 fully saturated rings. The standard InChI is InChI=1S/C21H19FN6O2S2/c1-13(29)27(17-5-3-4-6-18(17)30-2)20-24-16(11-31-20)12-32-21-26-25-19(28(21)23)14-7-9-15(22)10-8-14/h3-11H,12,23H2,1-2H3.